The molecule has 0 radical (unpaired) electrons. The average molecular weight is 338 g/mol. The molecule has 0 spiro atoms. The van der Waals surface area contributed by atoms with E-state index in [1.165, 1.54) is 21.9 Å². The van der Waals surface area contributed by atoms with E-state index in [9.17, 15) is 0 Å². The Balaban J connectivity index is 2.40. The Labute approximate surface area is 112 Å². The van der Waals surface area contributed by atoms with E-state index in [-0.39, 0.29) is 3.23 Å². The summed E-state index contributed by atoms with van der Waals surface area (Å²) in [7, 11) is 0. The SMILES string of the molecule is BrC1(Br)CC=Cc2c1ccc1ccccc21. The van der Waals surface area contributed by atoms with Crippen molar-refractivity contribution in [3.8, 4) is 0 Å². The van der Waals surface area contributed by atoms with E-state index in [2.05, 4.69) is 80.4 Å². The zero-order valence-corrected chi connectivity index (χ0v) is 11.8. The van der Waals surface area contributed by atoms with Crippen LogP contribution in [0.2, 0.25) is 0 Å². The zero-order valence-electron chi connectivity index (χ0n) is 8.58. The van der Waals surface area contributed by atoms with Crippen molar-refractivity contribution in [2.45, 2.75) is 9.65 Å². The van der Waals surface area contributed by atoms with Crippen molar-refractivity contribution in [3.05, 3.63) is 53.6 Å². The lowest BCUT2D eigenvalue weighted by Crippen LogP contribution is -2.12. The predicted octanol–water partition coefficient (Wildman–Crippen LogP) is 5.20. The summed E-state index contributed by atoms with van der Waals surface area (Å²) >= 11 is 7.48. The molecule has 0 aromatic heterocycles. The summed E-state index contributed by atoms with van der Waals surface area (Å²) < 4.78 is -0.103. The maximum atomic E-state index is 3.74. The molecule has 0 saturated carbocycles. The van der Waals surface area contributed by atoms with Crippen molar-refractivity contribution in [1.29, 1.82) is 0 Å². The molecule has 0 aliphatic heterocycles. The van der Waals surface area contributed by atoms with Gasteiger partial charge in [0.2, 0.25) is 0 Å². The second-order valence-electron chi connectivity index (χ2n) is 4.06. The first-order valence-corrected chi connectivity index (χ1v) is 6.84. The van der Waals surface area contributed by atoms with Gasteiger partial charge in [-0.15, -0.1) is 0 Å². The Hall–Kier alpha value is -0.600. The zero-order chi connectivity index (χ0) is 11.2. The minimum Gasteiger partial charge on any atom is -0.0813 e. The lowest BCUT2D eigenvalue weighted by molar-refractivity contribution is 0.923. The van der Waals surface area contributed by atoms with Crippen LogP contribution in [0, 0.1) is 0 Å². The fraction of sp³-hybridized carbons (Fsp3) is 0.143. The number of alkyl halides is 2. The van der Waals surface area contributed by atoms with Crippen molar-refractivity contribution < 1.29 is 0 Å². The Morgan fingerprint density at radius 1 is 1.00 bits per heavy atom. The molecule has 1 aliphatic carbocycles. The van der Waals surface area contributed by atoms with Crippen molar-refractivity contribution >= 4 is 48.7 Å². The molecule has 0 amide bonds. The topological polar surface area (TPSA) is 0 Å². The molecular weight excluding hydrogens is 328 g/mol. The highest BCUT2D eigenvalue weighted by atomic mass is 79.9. The molecule has 0 nitrogen and oxygen atoms in total. The lowest BCUT2D eigenvalue weighted by atomic mass is 9.92. The second kappa shape index (κ2) is 3.71. The number of hydrogen-bond acceptors (Lipinski definition) is 0. The van der Waals surface area contributed by atoms with Crippen LogP contribution in [0.1, 0.15) is 17.5 Å². The van der Waals surface area contributed by atoms with Crippen LogP contribution in [0.4, 0.5) is 0 Å². The smallest absolute Gasteiger partial charge is 0.0813 e. The van der Waals surface area contributed by atoms with E-state index >= 15 is 0 Å². The number of halogens is 2. The van der Waals surface area contributed by atoms with E-state index in [0.29, 0.717) is 0 Å². The first-order chi connectivity index (χ1) is 7.68. The fourth-order valence-electron chi connectivity index (χ4n) is 2.23. The molecule has 2 heteroatoms. The highest BCUT2D eigenvalue weighted by Gasteiger charge is 2.29. The molecule has 80 valence electrons. The van der Waals surface area contributed by atoms with Crippen molar-refractivity contribution in [1.82, 2.24) is 0 Å². The summed E-state index contributed by atoms with van der Waals surface area (Å²) in [6, 6.07) is 12.9. The van der Waals surface area contributed by atoms with Gasteiger partial charge in [0.25, 0.3) is 0 Å². The van der Waals surface area contributed by atoms with E-state index in [1.807, 2.05) is 0 Å². The first kappa shape index (κ1) is 10.5. The van der Waals surface area contributed by atoms with Gasteiger partial charge in [-0.05, 0) is 28.3 Å². The third kappa shape index (κ3) is 1.56. The lowest BCUT2D eigenvalue weighted by Gasteiger charge is -2.26. The van der Waals surface area contributed by atoms with Crippen LogP contribution < -0.4 is 0 Å². The first-order valence-electron chi connectivity index (χ1n) is 5.25. The summed E-state index contributed by atoms with van der Waals surface area (Å²) in [4.78, 5) is 0. The molecule has 16 heavy (non-hydrogen) atoms. The van der Waals surface area contributed by atoms with Crippen LogP contribution in [0.15, 0.2) is 42.5 Å². The number of allylic oxidation sites excluding steroid dienone is 1. The summed E-state index contributed by atoms with van der Waals surface area (Å²) in [6.07, 6.45) is 5.40. The molecule has 2 aromatic rings. The van der Waals surface area contributed by atoms with Gasteiger partial charge in [-0.2, -0.15) is 0 Å². The minimum absolute atomic E-state index is 0.103. The molecule has 0 atom stereocenters. The normalized spacial score (nSPS) is 17.4. The molecular formula is C14H10Br2. The van der Waals surface area contributed by atoms with Crippen LogP contribution in [0.25, 0.3) is 16.8 Å². The number of benzene rings is 2. The second-order valence-corrected chi connectivity index (χ2v) is 7.83. The number of hydrogen-bond donors (Lipinski definition) is 0. The summed E-state index contributed by atoms with van der Waals surface area (Å²) in [5.41, 5.74) is 2.63. The van der Waals surface area contributed by atoms with Gasteiger partial charge in [-0.1, -0.05) is 80.4 Å². The molecule has 0 bridgehead atoms. The van der Waals surface area contributed by atoms with Crippen LogP contribution in [-0.2, 0) is 3.23 Å². The largest absolute Gasteiger partial charge is 0.109 e. The van der Waals surface area contributed by atoms with Gasteiger partial charge in [-0.25, -0.2) is 0 Å². The van der Waals surface area contributed by atoms with Gasteiger partial charge in [0.05, 0.1) is 0 Å². The average Bonchev–Trinajstić information content (AvgIpc) is 2.28. The summed E-state index contributed by atoms with van der Waals surface area (Å²) in [6.45, 7) is 0. The Morgan fingerprint density at radius 3 is 2.69 bits per heavy atom. The summed E-state index contributed by atoms with van der Waals surface area (Å²) in [5, 5.41) is 2.61. The van der Waals surface area contributed by atoms with Gasteiger partial charge in [0.1, 0.15) is 3.23 Å². The predicted molar refractivity (Wildman–Crippen MR) is 77.1 cm³/mol. The molecule has 2 aromatic carbocycles. The van der Waals surface area contributed by atoms with Crippen molar-refractivity contribution in [2.75, 3.05) is 0 Å². The third-order valence-corrected chi connectivity index (χ3v) is 4.53. The standard InChI is InChI=1S/C14H10Br2/c15-14(16)9-3-6-12-11-5-2-1-4-10(11)7-8-13(12)14/h1-8H,9H2. The van der Waals surface area contributed by atoms with Gasteiger partial charge < -0.3 is 0 Å². The highest BCUT2D eigenvalue weighted by Crippen LogP contribution is 2.47. The van der Waals surface area contributed by atoms with Crippen molar-refractivity contribution in [3.63, 3.8) is 0 Å². The molecule has 0 fully saturated rings. The quantitative estimate of drug-likeness (QED) is 0.579. The fourth-order valence-corrected chi connectivity index (χ4v) is 3.29. The van der Waals surface area contributed by atoms with Gasteiger partial charge in [0.15, 0.2) is 0 Å². The maximum Gasteiger partial charge on any atom is 0.109 e. The number of rotatable bonds is 0. The van der Waals surface area contributed by atoms with Crippen LogP contribution in [-0.4, -0.2) is 0 Å². The van der Waals surface area contributed by atoms with E-state index in [1.54, 1.807) is 0 Å². The molecule has 0 saturated heterocycles. The molecule has 1 aliphatic rings. The maximum absolute atomic E-state index is 3.74. The van der Waals surface area contributed by atoms with Crippen molar-refractivity contribution in [2.24, 2.45) is 0 Å². The van der Waals surface area contributed by atoms with Gasteiger partial charge in [0, 0.05) is 0 Å². The molecule has 0 N–H and O–H groups in total. The highest BCUT2D eigenvalue weighted by molar-refractivity contribution is 9.24. The van der Waals surface area contributed by atoms with Gasteiger partial charge >= 0.3 is 0 Å². The monoisotopic (exact) mass is 336 g/mol. The van der Waals surface area contributed by atoms with Crippen LogP contribution in [0.3, 0.4) is 0 Å². The molecule has 3 rings (SSSR count). The van der Waals surface area contributed by atoms with Gasteiger partial charge in [-0.3, -0.25) is 0 Å². The Kier molecular flexibility index (Phi) is 2.45. The Bertz CT molecular complexity index is 582. The Morgan fingerprint density at radius 2 is 1.81 bits per heavy atom. The third-order valence-electron chi connectivity index (χ3n) is 3.02. The van der Waals surface area contributed by atoms with Crippen LogP contribution >= 0.6 is 31.9 Å². The molecule has 0 unspecified atom stereocenters. The van der Waals surface area contributed by atoms with E-state index in [0.717, 1.165) is 6.42 Å². The number of fused-ring (bicyclic) bond motifs is 3. The molecule has 0 heterocycles. The summed E-state index contributed by atoms with van der Waals surface area (Å²) in [5.74, 6) is 0. The van der Waals surface area contributed by atoms with E-state index < -0.39 is 0 Å². The van der Waals surface area contributed by atoms with E-state index in [4.69, 9.17) is 0 Å². The van der Waals surface area contributed by atoms with Crippen LogP contribution in [0.5, 0.6) is 0 Å². The minimum atomic E-state index is -0.103.